The van der Waals surface area contributed by atoms with Crippen molar-refractivity contribution < 1.29 is 14.6 Å². The molecule has 1 aromatic heterocycles. The number of phenols is 1. The quantitative estimate of drug-likeness (QED) is 0.716. The Bertz CT molecular complexity index is 1040. The number of nitrogens with one attached hydrogen (secondary N) is 1. The van der Waals surface area contributed by atoms with Crippen molar-refractivity contribution in [3.63, 3.8) is 0 Å². The van der Waals surface area contributed by atoms with Crippen molar-refractivity contribution >= 4 is 23.3 Å². The highest BCUT2D eigenvalue weighted by atomic mass is 35.5. The van der Waals surface area contributed by atoms with Crippen molar-refractivity contribution in [2.75, 3.05) is 12.4 Å². The van der Waals surface area contributed by atoms with E-state index >= 15 is 0 Å². The lowest BCUT2D eigenvalue weighted by Crippen LogP contribution is -2.24. The zero-order valence-electron chi connectivity index (χ0n) is 14.9. The lowest BCUT2D eigenvalue weighted by atomic mass is 9.87. The van der Waals surface area contributed by atoms with Gasteiger partial charge < -0.3 is 15.2 Å². The lowest BCUT2D eigenvalue weighted by Gasteiger charge is -2.24. The third-order valence-corrected chi connectivity index (χ3v) is 5.30. The van der Waals surface area contributed by atoms with Gasteiger partial charge in [0.05, 0.1) is 19.0 Å². The number of amides is 1. The second-order valence-electron chi connectivity index (χ2n) is 6.48. The molecule has 138 valence electrons. The van der Waals surface area contributed by atoms with E-state index in [2.05, 4.69) is 10.4 Å². The van der Waals surface area contributed by atoms with Gasteiger partial charge in [0.1, 0.15) is 5.82 Å². The highest BCUT2D eigenvalue weighted by Crippen LogP contribution is 2.41. The Labute approximate surface area is 161 Å². The summed E-state index contributed by atoms with van der Waals surface area (Å²) in [7, 11) is 1.50. The molecule has 3 aromatic rings. The summed E-state index contributed by atoms with van der Waals surface area (Å²) in [6, 6.07) is 10.7. The van der Waals surface area contributed by atoms with E-state index < -0.39 is 0 Å². The van der Waals surface area contributed by atoms with E-state index in [0.717, 1.165) is 22.4 Å². The zero-order chi connectivity index (χ0) is 19.1. The standard InChI is InChI=1S/C20H18ClN3O3/c1-11-15(21)4-3-5-16(11)24-20-14(10-22-24)13(9-19(26)23-20)12-6-7-17(25)18(8-12)27-2/h3-8,10,13,25H,9H2,1-2H3,(H,23,26)/t13-/m1/s1. The number of halogens is 1. The number of ether oxygens (including phenoxy) is 1. The number of nitrogens with zero attached hydrogens (tertiary/aromatic N) is 2. The number of aromatic hydroxyl groups is 1. The van der Waals surface area contributed by atoms with Gasteiger partial charge in [0.2, 0.25) is 5.91 Å². The van der Waals surface area contributed by atoms with Gasteiger partial charge in [0.15, 0.2) is 11.5 Å². The number of hydrogen-bond donors (Lipinski definition) is 2. The van der Waals surface area contributed by atoms with E-state index in [1.165, 1.54) is 7.11 Å². The number of carbonyl (C=O) groups is 1. The van der Waals surface area contributed by atoms with Crippen molar-refractivity contribution in [2.45, 2.75) is 19.3 Å². The van der Waals surface area contributed by atoms with Crippen LogP contribution in [0.1, 0.15) is 29.0 Å². The Morgan fingerprint density at radius 3 is 2.93 bits per heavy atom. The van der Waals surface area contributed by atoms with Crippen LogP contribution in [0.2, 0.25) is 5.02 Å². The Morgan fingerprint density at radius 2 is 2.15 bits per heavy atom. The third-order valence-electron chi connectivity index (χ3n) is 4.89. The Kier molecular flexibility index (Phi) is 4.28. The number of phenolic OH excluding ortho intramolecular Hbond substituents is 1. The first kappa shape index (κ1) is 17.4. The SMILES string of the molecule is COc1cc([C@H]2CC(=O)Nc3c2cnn3-c2cccc(Cl)c2C)ccc1O. The van der Waals surface area contributed by atoms with E-state index in [-0.39, 0.29) is 17.6 Å². The fourth-order valence-corrected chi connectivity index (χ4v) is 3.61. The van der Waals surface area contributed by atoms with Crippen molar-refractivity contribution in [3.05, 3.63) is 64.3 Å². The average molecular weight is 384 g/mol. The molecule has 1 aliphatic heterocycles. The van der Waals surface area contributed by atoms with E-state index in [1.807, 2.05) is 25.1 Å². The first-order valence-corrected chi connectivity index (χ1v) is 8.87. The average Bonchev–Trinajstić information content (AvgIpc) is 3.07. The maximum Gasteiger partial charge on any atom is 0.226 e. The molecule has 0 fully saturated rings. The van der Waals surface area contributed by atoms with Gasteiger partial charge in [-0.2, -0.15) is 5.10 Å². The molecule has 0 saturated heterocycles. The van der Waals surface area contributed by atoms with Gasteiger partial charge >= 0.3 is 0 Å². The second kappa shape index (κ2) is 6.63. The van der Waals surface area contributed by atoms with Crippen LogP contribution >= 0.6 is 11.6 Å². The zero-order valence-corrected chi connectivity index (χ0v) is 15.6. The molecule has 2 N–H and O–H groups in total. The van der Waals surface area contributed by atoms with E-state index in [0.29, 0.717) is 23.0 Å². The summed E-state index contributed by atoms with van der Waals surface area (Å²) in [6.45, 7) is 1.92. The fourth-order valence-electron chi connectivity index (χ4n) is 3.44. The minimum atomic E-state index is -0.184. The van der Waals surface area contributed by atoms with Crippen LogP contribution < -0.4 is 10.1 Å². The van der Waals surface area contributed by atoms with Crippen molar-refractivity contribution in [1.29, 1.82) is 0 Å². The number of carbonyl (C=O) groups excluding carboxylic acids is 1. The van der Waals surface area contributed by atoms with Crippen molar-refractivity contribution in [2.24, 2.45) is 0 Å². The van der Waals surface area contributed by atoms with Crippen LogP contribution in [0.15, 0.2) is 42.6 Å². The molecule has 1 aliphatic rings. The largest absolute Gasteiger partial charge is 0.504 e. The molecular weight excluding hydrogens is 366 g/mol. The number of benzene rings is 2. The minimum Gasteiger partial charge on any atom is -0.504 e. The minimum absolute atomic E-state index is 0.0620. The van der Waals surface area contributed by atoms with Crippen LogP contribution in [0.25, 0.3) is 5.69 Å². The summed E-state index contributed by atoms with van der Waals surface area (Å²) in [5, 5.41) is 17.9. The summed E-state index contributed by atoms with van der Waals surface area (Å²) in [5.41, 5.74) is 3.48. The van der Waals surface area contributed by atoms with Gasteiger partial charge in [-0.15, -0.1) is 0 Å². The molecule has 0 radical (unpaired) electrons. The molecule has 1 atom stereocenters. The summed E-state index contributed by atoms with van der Waals surface area (Å²) in [6.07, 6.45) is 2.06. The van der Waals surface area contributed by atoms with Crippen LogP contribution in [0.5, 0.6) is 11.5 Å². The molecule has 6 nitrogen and oxygen atoms in total. The van der Waals surface area contributed by atoms with Gasteiger partial charge in [-0.1, -0.05) is 23.7 Å². The molecule has 0 unspecified atom stereocenters. The van der Waals surface area contributed by atoms with Crippen LogP contribution in [0, 0.1) is 6.92 Å². The molecular formula is C20H18ClN3O3. The summed E-state index contributed by atoms with van der Waals surface area (Å²) >= 11 is 6.25. The molecule has 2 heterocycles. The first-order chi connectivity index (χ1) is 13.0. The Hall–Kier alpha value is -2.99. The number of methoxy groups -OCH3 is 1. The molecule has 4 rings (SSSR count). The number of aromatic nitrogens is 2. The molecule has 0 spiro atoms. The molecule has 2 aromatic carbocycles. The molecule has 0 aliphatic carbocycles. The second-order valence-corrected chi connectivity index (χ2v) is 6.89. The van der Waals surface area contributed by atoms with Crippen molar-refractivity contribution in [3.8, 4) is 17.2 Å². The van der Waals surface area contributed by atoms with E-state index in [9.17, 15) is 9.90 Å². The predicted molar refractivity (Wildman–Crippen MR) is 103 cm³/mol. The van der Waals surface area contributed by atoms with Crippen LogP contribution in [0.3, 0.4) is 0 Å². The normalized spacial score (nSPS) is 16.0. The molecule has 0 saturated carbocycles. The van der Waals surface area contributed by atoms with Gasteiger partial charge in [0.25, 0.3) is 0 Å². The monoisotopic (exact) mass is 383 g/mol. The van der Waals surface area contributed by atoms with Crippen LogP contribution in [-0.4, -0.2) is 27.9 Å². The molecule has 0 bridgehead atoms. The topological polar surface area (TPSA) is 76.4 Å². The Balaban J connectivity index is 1.84. The van der Waals surface area contributed by atoms with E-state index in [4.69, 9.17) is 16.3 Å². The molecule has 1 amide bonds. The summed E-state index contributed by atoms with van der Waals surface area (Å²) in [4.78, 5) is 12.4. The van der Waals surface area contributed by atoms with Crippen LogP contribution in [-0.2, 0) is 4.79 Å². The summed E-state index contributed by atoms with van der Waals surface area (Å²) in [5.74, 6) is 0.788. The maximum absolute atomic E-state index is 12.4. The van der Waals surface area contributed by atoms with Gasteiger partial charge in [-0.25, -0.2) is 4.68 Å². The maximum atomic E-state index is 12.4. The highest BCUT2D eigenvalue weighted by molar-refractivity contribution is 6.31. The molecule has 7 heteroatoms. The van der Waals surface area contributed by atoms with Crippen LogP contribution in [0.4, 0.5) is 5.82 Å². The van der Waals surface area contributed by atoms with Gasteiger partial charge in [0, 0.05) is 22.9 Å². The number of anilines is 1. The summed E-state index contributed by atoms with van der Waals surface area (Å²) < 4.78 is 6.92. The van der Waals surface area contributed by atoms with E-state index in [1.54, 1.807) is 29.1 Å². The third kappa shape index (κ3) is 2.92. The van der Waals surface area contributed by atoms with Gasteiger partial charge in [-0.3, -0.25) is 4.79 Å². The smallest absolute Gasteiger partial charge is 0.226 e. The fraction of sp³-hybridized carbons (Fsp3) is 0.200. The Morgan fingerprint density at radius 1 is 1.33 bits per heavy atom. The number of hydrogen-bond acceptors (Lipinski definition) is 4. The predicted octanol–water partition coefficient (Wildman–Crippen LogP) is 4.02. The first-order valence-electron chi connectivity index (χ1n) is 8.49. The van der Waals surface area contributed by atoms with Gasteiger partial charge in [-0.05, 0) is 42.3 Å². The molecule has 27 heavy (non-hydrogen) atoms. The number of fused-ring (bicyclic) bond motifs is 1. The highest BCUT2D eigenvalue weighted by Gasteiger charge is 2.31. The van der Waals surface area contributed by atoms with Crippen molar-refractivity contribution in [1.82, 2.24) is 9.78 Å². The number of rotatable bonds is 3. The lowest BCUT2D eigenvalue weighted by molar-refractivity contribution is -0.116.